The number of ether oxygens (including phenoxy) is 1. The molecule has 0 saturated carbocycles. The maximum atomic E-state index is 5.82. The molecule has 0 aliphatic carbocycles. The molecular weight excluding hydrogens is 336 g/mol. The molecular formula is C22H38N4O. The Morgan fingerprint density at radius 3 is 2.63 bits per heavy atom. The molecule has 5 heteroatoms. The summed E-state index contributed by atoms with van der Waals surface area (Å²) in [5, 5.41) is 6.89. The first-order valence-electron chi connectivity index (χ1n) is 10.5. The normalized spacial score (nSPS) is 17.7. The SMILES string of the molecule is CCN1CCC(CCNC(=NC)NCC(C)COCc2ccccc2)CC1. The van der Waals surface area contributed by atoms with Gasteiger partial charge in [-0.25, -0.2) is 0 Å². The molecule has 0 aromatic heterocycles. The Morgan fingerprint density at radius 1 is 1.22 bits per heavy atom. The van der Waals surface area contributed by atoms with Gasteiger partial charge in [0, 0.05) is 20.1 Å². The quantitative estimate of drug-likeness (QED) is 0.488. The molecule has 1 heterocycles. The molecule has 2 N–H and O–H groups in total. The van der Waals surface area contributed by atoms with E-state index in [9.17, 15) is 0 Å². The van der Waals surface area contributed by atoms with Crippen LogP contribution in [0.5, 0.6) is 0 Å². The molecule has 1 aromatic rings. The van der Waals surface area contributed by atoms with Gasteiger partial charge in [-0.15, -0.1) is 0 Å². The molecule has 2 rings (SSSR count). The summed E-state index contributed by atoms with van der Waals surface area (Å²) in [7, 11) is 1.84. The van der Waals surface area contributed by atoms with Crippen LogP contribution in [0.15, 0.2) is 35.3 Å². The summed E-state index contributed by atoms with van der Waals surface area (Å²) in [6.07, 6.45) is 3.89. The van der Waals surface area contributed by atoms with Gasteiger partial charge in [0.2, 0.25) is 0 Å². The lowest BCUT2D eigenvalue weighted by Crippen LogP contribution is -2.41. The number of hydrogen-bond acceptors (Lipinski definition) is 3. The molecule has 1 saturated heterocycles. The topological polar surface area (TPSA) is 48.9 Å². The maximum absolute atomic E-state index is 5.82. The van der Waals surface area contributed by atoms with Crippen molar-refractivity contribution in [2.45, 2.75) is 39.7 Å². The number of nitrogens with zero attached hydrogens (tertiary/aromatic N) is 2. The van der Waals surface area contributed by atoms with Gasteiger partial charge in [0.25, 0.3) is 0 Å². The van der Waals surface area contributed by atoms with Crippen LogP contribution in [0.2, 0.25) is 0 Å². The summed E-state index contributed by atoms with van der Waals surface area (Å²) in [4.78, 5) is 6.89. The minimum atomic E-state index is 0.436. The zero-order valence-electron chi connectivity index (χ0n) is 17.4. The highest BCUT2D eigenvalue weighted by Gasteiger charge is 2.17. The van der Waals surface area contributed by atoms with Crippen molar-refractivity contribution in [2.75, 3.05) is 46.4 Å². The lowest BCUT2D eigenvalue weighted by Gasteiger charge is -2.31. The minimum absolute atomic E-state index is 0.436. The summed E-state index contributed by atoms with van der Waals surface area (Å²) in [6, 6.07) is 10.3. The minimum Gasteiger partial charge on any atom is -0.376 e. The Kier molecular flexibility index (Phi) is 10.2. The van der Waals surface area contributed by atoms with E-state index in [0.717, 1.165) is 31.6 Å². The van der Waals surface area contributed by atoms with E-state index >= 15 is 0 Å². The zero-order valence-corrected chi connectivity index (χ0v) is 17.4. The molecule has 1 aliphatic heterocycles. The summed E-state index contributed by atoms with van der Waals surface area (Å²) in [5.41, 5.74) is 1.22. The predicted octanol–water partition coefficient (Wildman–Crippen LogP) is 3.13. The van der Waals surface area contributed by atoms with Crippen LogP contribution in [0.3, 0.4) is 0 Å². The smallest absolute Gasteiger partial charge is 0.190 e. The van der Waals surface area contributed by atoms with Gasteiger partial charge in [0.1, 0.15) is 0 Å². The first-order chi connectivity index (χ1) is 13.2. The van der Waals surface area contributed by atoms with E-state index in [0.29, 0.717) is 12.5 Å². The molecule has 5 nitrogen and oxygen atoms in total. The van der Waals surface area contributed by atoms with Gasteiger partial charge in [0.15, 0.2) is 5.96 Å². The Bertz CT molecular complexity index is 526. The van der Waals surface area contributed by atoms with Crippen molar-refractivity contribution >= 4 is 5.96 Å². The second kappa shape index (κ2) is 12.7. The Balaban J connectivity index is 1.54. The monoisotopic (exact) mass is 374 g/mol. The van der Waals surface area contributed by atoms with Crippen molar-refractivity contribution in [3.8, 4) is 0 Å². The Labute approximate surface area is 165 Å². The fourth-order valence-electron chi connectivity index (χ4n) is 3.49. The first-order valence-corrected chi connectivity index (χ1v) is 10.5. The fraction of sp³-hybridized carbons (Fsp3) is 0.682. The zero-order chi connectivity index (χ0) is 19.3. The van der Waals surface area contributed by atoms with Crippen LogP contribution >= 0.6 is 0 Å². The largest absolute Gasteiger partial charge is 0.376 e. The first kappa shape index (κ1) is 21.7. The van der Waals surface area contributed by atoms with Crippen molar-refractivity contribution in [1.82, 2.24) is 15.5 Å². The molecule has 1 unspecified atom stereocenters. The number of likely N-dealkylation sites (tertiary alicyclic amines) is 1. The third-order valence-corrected chi connectivity index (χ3v) is 5.35. The van der Waals surface area contributed by atoms with Crippen molar-refractivity contribution in [2.24, 2.45) is 16.8 Å². The lowest BCUT2D eigenvalue weighted by molar-refractivity contribution is 0.0931. The van der Waals surface area contributed by atoms with Crippen LogP contribution in [0, 0.1) is 11.8 Å². The van der Waals surface area contributed by atoms with Crippen LogP contribution in [0.1, 0.15) is 38.7 Å². The van der Waals surface area contributed by atoms with Crippen LogP contribution in [0.4, 0.5) is 0 Å². The molecule has 0 bridgehead atoms. The molecule has 0 spiro atoms. The number of benzene rings is 1. The highest BCUT2D eigenvalue weighted by molar-refractivity contribution is 5.79. The van der Waals surface area contributed by atoms with Gasteiger partial charge in [-0.05, 0) is 56.3 Å². The van der Waals surface area contributed by atoms with Crippen molar-refractivity contribution in [1.29, 1.82) is 0 Å². The summed E-state index contributed by atoms with van der Waals surface area (Å²) < 4.78 is 5.82. The fourth-order valence-corrected chi connectivity index (χ4v) is 3.49. The van der Waals surface area contributed by atoms with E-state index in [1.807, 2.05) is 25.2 Å². The standard InChI is InChI=1S/C22H38N4O/c1-4-26-14-11-20(12-15-26)10-13-24-22(23-3)25-16-19(2)17-27-18-21-8-6-5-7-9-21/h5-9,19-20H,4,10-18H2,1-3H3,(H2,23,24,25). The van der Waals surface area contributed by atoms with Gasteiger partial charge in [0.05, 0.1) is 13.2 Å². The molecule has 152 valence electrons. The molecule has 1 fully saturated rings. The van der Waals surface area contributed by atoms with Crippen molar-refractivity contribution in [3.63, 3.8) is 0 Å². The van der Waals surface area contributed by atoms with E-state index in [1.165, 1.54) is 44.5 Å². The second-order valence-electron chi connectivity index (χ2n) is 7.65. The summed E-state index contributed by atoms with van der Waals surface area (Å²) in [6.45, 7) is 11.4. The van der Waals surface area contributed by atoms with Crippen molar-refractivity contribution in [3.05, 3.63) is 35.9 Å². The molecule has 0 radical (unpaired) electrons. The van der Waals surface area contributed by atoms with Crippen LogP contribution in [-0.4, -0.2) is 57.2 Å². The maximum Gasteiger partial charge on any atom is 0.190 e. The van der Waals surface area contributed by atoms with Crippen LogP contribution in [0.25, 0.3) is 0 Å². The average molecular weight is 375 g/mol. The van der Waals surface area contributed by atoms with E-state index in [1.54, 1.807) is 0 Å². The van der Waals surface area contributed by atoms with Crippen LogP contribution in [-0.2, 0) is 11.3 Å². The number of rotatable bonds is 10. The number of nitrogens with one attached hydrogen (secondary N) is 2. The van der Waals surface area contributed by atoms with Gasteiger partial charge < -0.3 is 20.3 Å². The van der Waals surface area contributed by atoms with Crippen LogP contribution < -0.4 is 10.6 Å². The highest BCUT2D eigenvalue weighted by Crippen LogP contribution is 2.19. The van der Waals surface area contributed by atoms with Gasteiger partial charge >= 0.3 is 0 Å². The highest BCUT2D eigenvalue weighted by atomic mass is 16.5. The molecule has 1 aliphatic rings. The predicted molar refractivity (Wildman–Crippen MR) is 114 cm³/mol. The van der Waals surface area contributed by atoms with E-state index in [2.05, 4.69) is 46.5 Å². The number of aliphatic imine (C=N–C) groups is 1. The third kappa shape index (κ3) is 8.76. The molecule has 27 heavy (non-hydrogen) atoms. The van der Waals surface area contributed by atoms with Gasteiger partial charge in [-0.1, -0.05) is 44.2 Å². The van der Waals surface area contributed by atoms with E-state index in [-0.39, 0.29) is 0 Å². The Morgan fingerprint density at radius 2 is 1.96 bits per heavy atom. The van der Waals surface area contributed by atoms with Gasteiger partial charge in [-0.2, -0.15) is 0 Å². The molecule has 1 aromatic carbocycles. The van der Waals surface area contributed by atoms with E-state index < -0.39 is 0 Å². The number of hydrogen-bond donors (Lipinski definition) is 2. The Hall–Kier alpha value is -1.59. The molecule has 0 amide bonds. The number of piperidine rings is 1. The van der Waals surface area contributed by atoms with Crippen molar-refractivity contribution < 1.29 is 4.74 Å². The van der Waals surface area contributed by atoms with Gasteiger partial charge in [-0.3, -0.25) is 4.99 Å². The second-order valence-corrected chi connectivity index (χ2v) is 7.65. The van der Waals surface area contributed by atoms with E-state index in [4.69, 9.17) is 4.74 Å². The third-order valence-electron chi connectivity index (χ3n) is 5.35. The number of guanidine groups is 1. The summed E-state index contributed by atoms with van der Waals surface area (Å²) in [5.74, 6) is 2.19. The average Bonchev–Trinajstić information content (AvgIpc) is 2.71. The lowest BCUT2D eigenvalue weighted by atomic mass is 9.93. The molecule has 1 atom stereocenters. The summed E-state index contributed by atoms with van der Waals surface area (Å²) >= 11 is 0.